The summed E-state index contributed by atoms with van der Waals surface area (Å²) < 4.78 is 26.9. The van der Waals surface area contributed by atoms with Crippen molar-refractivity contribution in [3.8, 4) is 0 Å². The summed E-state index contributed by atoms with van der Waals surface area (Å²) in [4.78, 5) is 25.7. The third-order valence-electron chi connectivity index (χ3n) is 3.70. The van der Waals surface area contributed by atoms with E-state index in [-0.39, 0.29) is 36.3 Å². The van der Waals surface area contributed by atoms with E-state index in [0.29, 0.717) is 32.5 Å². The molecule has 128 valence electrons. The quantitative estimate of drug-likeness (QED) is 0.862. The molecule has 0 spiro atoms. The van der Waals surface area contributed by atoms with Crippen molar-refractivity contribution < 1.29 is 18.4 Å². The zero-order valence-corrected chi connectivity index (χ0v) is 13.4. The molecule has 5 nitrogen and oxygen atoms in total. The zero-order chi connectivity index (χ0) is 16.1. The number of likely N-dealkylation sites (tertiary alicyclic amines) is 1. The van der Waals surface area contributed by atoms with E-state index < -0.39 is 17.5 Å². The Morgan fingerprint density at radius 3 is 2.78 bits per heavy atom. The smallest absolute Gasteiger partial charge is 0.256 e. The van der Waals surface area contributed by atoms with Gasteiger partial charge in [0, 0.05) is 26.2 Å². The molecule has 23 heavy (non-hydrogen) atoms. The highest BCUT2D eigenvalue weighted by Gasteiger charge is 2.30. The predicted molar refractivity (Wildman–Crippen MR) is 84.3 cm³/mol. The fourth-order valence-corrected chi connectivity index (χ4v) is 2.55. The summed E-state index contributed by atoms with van der Waals surface area (Å²) in [6, 6.07) is 3.51. The highest BCUT2D eigenvalue weighted by Crippen LogP contribution is 2.20. The van der Waals surface area contributed by atoms with Gasteiger partial charge in [0.05, 0.1) is 11.5 Å². The molecule has 8 heteroatoms. The molecule has 1 atom stereocenters. The van der Waals surface area contributed by atoms with Crippen LogP contribution in [0.1, 0.15) is 23.2 Å². The lowest BCUT2D eigenvalue weighted by atomic mass is 9.96. The number of carbonyl (C=O) groups excluding carboxylic acids is 2. The number of nitrogens with zero attached hydrogens (tertiary/aromatic N) is 1. The van der Waals surface area contributed by atoms with E-state index in [2.05, 4.69) is 5.32 Å². The maximum atomic E-state index is 13.7. The van der Waals surface area contributed by atoms with Crippen LogP contribution >= 0.6 is 12.4 Å². The number of carbonyl (C=O) groups is 2. The van der Waals surface area contributed by atoms with Gasteiger partial charge in [0.1, 0.15) is 0 Å². The second kappa shape index (κ2) is 8.79. The molecule has 1 saturated heterocycles. The Balaban J connectivity index is 0.00000264. The monoisotopic (exact) mass is 347 g/mol. The van der Waals surface area contributed by atoms with E-state index >= 15 is 0 Å². The zero-order valence-electron chi connectivity index (χ0n) is 12.6. The van der Waals surface area contributed by atoms with Crippen LogP contribution < -0.4 is 11.1 Å². The lowest BCUT2D eigenvalue weighted by Crippen LogP contribution is -2.46. The molecule has 2 rings (SSSR count). The second-order valence-electron chi connectivity index (χ2n) is 5.27. The van der Waals surface area contributed by atoms with Crippen molar-refractivity contribution in [2.24, 2.45) is 11.7 Å². The van der Waals surface area contributed by atoms with Crippen molar-refractivity contribution in [2.75, 3.05) is 26.2 Å². The van der Waals surface area contributed by atoms with Crippen LogP contribution in [0.4, 0.5) is 8.78 Å². The van der Waals surface area contributed by atoms with Gasteiger partial charge in [0.2, 0.25) is 5.91 Å². The van der Waals surface area contributed by atoms with E-state index in [0.717, 1.165) is 6.07 Å². The van der Waals surface area contributed by atoms with Crippen molar-refractivity contribution in [3.63, 3.8) is 0 Å². The Bertz CT molecular complexity index is 572. The van der Waals surface area contributed by atoms with Crippen molar-refractivity contribution in [1.82, 2.24) is 10.2 Å². The molecule has 1 aliphatic rings. The maximum absolute atomic E-state index is 13.7. The van der Waals surface area contributed by atoms with Crippen LogP contribution in [0, 0.1) is 17.6 Å². The van der Waals surface area contributed by atoms with Crippen LogP contribution in [0.3, 0.4) is 0 Å². The first-order valence-electron chi connectivity index (χ1n) is 7.25. The number of nitrogens with two attached hydrogens (primary N) is 1. The average molecular weight is 348 g/mol. The fourth-order valence-electron chi connectivity index (χ4n) is 2.55. The highest BCUT2D eigenvalue weighted by atomic mass is 35.5. The Morgan fingerprint density at radius 2 is 2.09 bits per heavy atom. The number of benzene rings is 1. The second-order valence-corrected chi connectivity index (χ2v) is 5.27. The standard InChI is InChI=1S/C15H19F2N3O2.ClH/c16-12-5-1-4-11(13(12)17)15(22)20-8-2-3-10(9-20)14(21)19-7-6-18;/h1,4-5,10H,2-3,6-9,18H2,(H,19,21);1H. The molecule has 1 aliphatic heterocycles. The third-order valence-corrected chi connectivity index (χ3v) is 3.70. The maximum Gasteiger partial charge on any atom is 0.256 e. The summed E-state index contributed by atoms with van der Waals surface area (Å²) in [6.07, 6.45) is 1.30. The first-order valence-corrected chi connectivity index (χ1v) is 7.25. The summed E-state index contributed by atoms with van der Waals surface area (Å²) in [6.45, 7) is 1.35. The molecular weight excluding hydrogens is 328 g/mol. The van der Waals surface area contributed by atoms with Gasteiger partial charge in [-0.3, -0.25) is 9.59 Å². The van der Waals surface area contributed by atoms with Crippen molar-refractivity contribution in [2.45, 2.75) is 12.8 Å². The summed E-state index contributed by atoms with van der Waals surface area (Å²) in [5.41, 5.74) is 5.03. The van der Waals surface area contributed by atoms with E-state index in [1.165, 1.54) is 17.0 Å². The van der Waals surface area contributed by atoms with Gasteiger partial charge < -0.3 is 16.0 Å². The van der Waals surface area contributed by atoms with Gasteiger partial charge in [-0.05, 0) is 25.0 Å². The van der Waals surface area contributed by atoms with Gasteiger partial charge in [-0.25, -0.2) is 8.78 Å². The van der Waals surface area contributed by atoms with Crippen LogP contribution in [-0.2, 0) is 4.79 Å². The molecule has 0 aromatic heterocycles. The van der Waals surface area contributed by atoms with Gasteiger partial charge >= 0.3 is 0 Å². The molecule has 2 amide bonds. The van der Waals surface area contributed by atoms with Crippen LogP contribution in [0.5, 0.6) is 0 Å². The fraction of sp³-hybridized carbons (Fsp3) is 0.467. The summed E-state index contributed by atoms with van der Waals surface area (Å²) >= 11 is 0. The van der Waals surface area contributed by atoms with Crippen LogP contribution in [0.2, 0.25) is 0 Å². The molecule has 1 unspecified atom stereocenters. The lowest BCUT2D eigenvalue weighted by molar-refractivity contribution is -0.126. The number of halogens is 3. The van der Waals surface area contributed by atoms with Gasteiger partial charge in [0.25, 0.3) is 5.91 Å². The van der Waals surface area contributed by atoms with E-state index in [1.54, 1.807) is 0 Å². The van der Waals surface area contributed by atoms with Gasteiger partial charge in [-0.2, -0.15) is 0 Å². The molecule has 0 saturated carbocycles. The SMILES string of the molecule is Cl.NCCNC(=O)C1CCCN(C(=O)c2cccc(F)c2F)C1. The molecule has 1 aromatic rings. The lowest BCUT2D eigenvalue weighted by Gasteiger charge is -2.32. The summed E-state index contributed by atoms with van der Waals surface area (Å²) in [5.74, 6) is -3.31. The van der Waals surface area contributed by atoms with Gasteiger partial charge in [-0.15, -0.1) is 12.4 Å². The highest BCUT2D eigenvalue weighted by molar-refractivity contribution is 5.95. The normalized spacial score (nSPS) is 17.3. The van der Waals surface area contributed by atoms with E-state index in [1.807, 2.05) is 0 Å². The topological polar surface area (TPSA) is 75.4 Å². The minimum atomic E-state index is -1.15. The molecule has 1 fully saturated rings. The number of nitrogens with one attached hydrogen (secondary N) is 1. The predicted octanol–water partition coefficient (Wildman–Crippen LogP) is 1.31. The Morgan fingerprint density at radius 1 is 1.35 bits per heavy atom. The Labute approximate surface area is 139 Å². The van der Waals surface area contributed by atoms with Crippen molar-refractivity contribution in [1.29, 1.82) is 0 Å². The Hall–Kier alpha value is -1.73. The first-order chi connectivity index (χ1) is 10.5. The molecule has 0 bridgehead atoms. The van der Waals surface area contributed by atoms with Gasteiger partial charge in [-0.1, -0.05) is 6.07 Å². The molecule has 3 N–H and O–H groups in total. The van der Waals surface area contributed by atoms with Crippen molar-refractivity contribution >= 4 is 24.2 Å². The Kier molecular flexibility index (Phi) is 7.38. The molecule has 0 aliphatic carbocycles. The first kappa shape index (κ1) is 19.3. The third kappa shape index (κ3) is 4.62. The molecule has 1 heterocycles. The van der Waals surface area contributed by atoms with Crippen LogP contribution in [0.15, 0.2) is 18.2 Å². The van der Waals surface area contributed by atoms with E-state index in [4.69, 9.17) is 5.73 Å². The number of piperidine rings is 1. The minimum Gasteiger partial charge on any atom is -0.355 e. The van der Waals surface area contributed by atoms with Crippen LogP contribution in [0.25, 0.3) is 0 Å². The molecule has 1 aromatic carbocycles. The van der Waals surface area contributed by atoms with Crippen molar-refractivity contribution in [3.05, 3.63) is 35.4 Å². The number of amides is 2. The average Bonchev–Trinajstić information content (AvgIpc) is 2.54. The summed E-state index contributed by atoms with van der Waals surface area (Å²) in [5, 5.41) is 2.69. The molecular formula is C15H20ClF2N3O2. The number of hydrogen-bond donors (Lipinski definition) is 2. The number of hydrogen-bond acceptors (Lipinski definition) is 3. The van der Waals surface area contributed by atoms with Crippen LogP contribution in [-0.4, -0.2) is 42.9 Å². The summed E-state index contributed by atoms with van der Waals surface area (Å²) in [7, 11) is 0. The number of rotatable bonds is 4. The van der Waals surface area contributed by atoms with Gasteiger partial charge in [0.15, 0.2) is 11.6 Å². The largest absolute Gasteiger partial charge is 0.355 e. The van der Waals surface area contributed by atoms with E-state index in [9.17, 15) is 18.4 Å². The minimum absolute atomic E-state index is 0. The molecule has 0 radical (unpaired) electrons.